The molecule has 3 heteroatoms. The first-order chi connectivity index (χ1) is 6.30. The van der Waals surface area contributed by atoms with Crippen molar-refractivity contribution in [2.75, 3.05) is 19.5 Å². The van der Waals surface area contributed by atoms with Gasteiger partial charge in [-0.3, -0.25) is 0 Å². The zero-order chi connectivity index (χ0) is 9.31. The Morgan fingerprint density at radius 2 is 2.08 bits per heavy atom. The lowest BCUT2D eigenvalue weighted by Crippen LogP contribution is -2.13. The second kappa shape index (κ2) is 3.33. The normalized spacial score (nSPS) is 26.0. The third-order valence-electron chi connectivity index (χ3n) is 2.36. The highest BCUT2D eigenvalue weighted by Crippen LogP contribution is 2.38. The summed E-state index contributed by atoms with van der Waals surface area (Å²) >= 11 is 1.71. The van der Waals surface area contributed by atoms with Crippen LogP contribution in [0, 0.1) is 0 Å². The zero-order valence-electron chi connectivity index (χ0n) is 7.49. The van der Waals surface area contributed by atoms with E-state index in [-0.39, 0.29) is 12.2 Å². The molecule has 1 heterocycles. The van der Waals surface area contributed by atoms with Gasteiger partial charge in [0.1, 0.15) is 5.60 Å². The first kappa shape index (κ1) is 9.06. The van der Waals surface area contributed by atoms with Crippen molar-refractivity contribution in [3.05, 3.63) is 29.8 Å². The van der Waals surface area contributed by atoms with Crippen molar-refractivity contribution in [1.82, 2.24) is 0 Å². The van der Waals surface area contributed by atoms with Gasteiger partial charge in [-0.05, 0) is 24.0 Å². The van der Waals surface area contributed by atoms with Crippen LogP contribution in [0.1, 0.15) is 5.56 Å². The zero-order valence-corrected chi connectivity index (χ0v) is 8.30. The Hall–Kier alpha value is -0.510. The van der Waals surface area contributed by atoms with E-state index in [2.05, 4.69) is 12.1 Å². The molecule has 0 saturated carbocycles. The highest BCUT2D eigenvalue weighted by atomic mass is 32.2. The maximum Gasteiger partial charge on any atom is 0.139 e. The number of thioether (sulfide) groups is 1. The van der Waals surface area contributed by atoms with Crippen LogP contribution < -0.4 is 0 Å². The molecule has 0 amide bonds. The molecule has 1 fully saturated rings. The largest absolute Gasteiger partial charge is 0.393 e. The van der Waals surface area contributed by atoms with E-state index in [9.17, 15) is 0 Å². The van der Waals surface area contributed by atoms with Crippen LogP contribution in [0.3, 0.4) is 0 Å². The van der Waals surface area contributed by atoms with Crippen LogP contribution in [-0.4, -0.2) is 24.6 Å². The molecule has 0 aliphatic carbocycles. The molecular formula is C10H12O2S. The molecule has 0 bridgehead atoms. The Balaban J connectivity index is 2.23. The SMILES string of the molecule is CSc1ccc([C@@]2(CO)CO2)cc1. The van der Waals surface area contributed by atoms with Crippen LogP contribution in [0.25, 0.3) is 0 Å². The average molecular weight is 196 g/mol. The summed E-state index contributed by atoms with van der Waals surface area (Å²) in [5.41, 5.74) is 0.699. The lowest BCUT2D eigenvalue weighted by atomic mass is 10.0. The highest BCUT2D eigenvalue weighted by Gasteiger charge is 2.45. The first-order valence-electron chi connectivity index (χ1n) is 4.20. The van der Waals surface area contributed by atoms with Crippen molar-refractivity contribution >= 4 is 11.8 Å². The average Bonchev–Trinajstić information content (AvgIpc) is 2.99. The first-order valence-corrected chi connectivity index (χ1v) is 5.42. The maximum absolute atomic E-state index is 9.11. The van der Waals surface area contributed by atoms with Crippen molar-refractivity contribution in [2.24, 2.45) is 0 Å². The van der Waals surface area contributed by atoms with Crippen LogP contribution in [0.2, 0.25) is 0 Å². The van der Waals surface area contributed by atoms with Gasteiger partial charge in [-0.15, -0.1) is 11.8 Å². The fourth-order valence-electron chi connectivity index (χ4n) is 1.33. The summed E-state index contributed by atoms with van der Waals surface area (Å²) in [5.74, 6) is 0. The minimum absolute atomic E-state index is 0.0750. The van der Waals surface area contributed by atoms with E-state index in [1.165, 1.54) is 4.90 Å². The molecule has 0 unspecified atom stereocenters. The number of rotatable bonds is 3. The van der Waals surface area contributed by atoms with E-state index in [0.29, 0.717) is 6.61 Å². The summed E-state index contributed by atoms with van der Waals surface area (Å²) in [6, 6.07) is 8.16. The van der Waals surface area contributed by atoms with Gasteiger partial charge in [-0.1, -0.05) is 12.1 Å². The van der Waals surface area contributed by atoms with Crippen LogP contribution in [0.4, 0.5) is 0 Å². The predicted octanol–water partition coefficient (Wildman–Crippen LogP) is 1.63. The second-order valence-electron chi connectivity index (χ2n) is 3.17. The summed E-state index contributed by atoms with van der Waals surface area (Å²) in [6.45, 7) is 0.716. The van der Waals surface area contributed by atoms with Crippen molar-refractivity contribution < 1.29 is 9.84 Å². The molecule has 1 aromatic carbocycles. The van der Waals surface area contributed by atoms with Crippen LogP contribution in [0.5, 0.6) is 0 Å². The summed E-state index contributed by atoms with van der Waals surface area (Å²) in [5, 5.41) is 9.11. The van der Waals surface area contributed by atoms with E-state index in [0.717, 1.165) is 5.56 Å². The Bertz CT molecular complexity index is 290. The number of aliphatic hydroxyl groups excluding tert-OH is 1. The molecule has 0 aromatic heterocycles. The lowest BCUT2D eigenvalue weighted by Gasteiger charge is -2.08. The van der Waals surface area contributed by atoms with E-state index >= 15 is 0 Å². The van der Waals surface area contributed by atoms with Gasteiger partial charge in [0.15, 0.2) is 0 Å². The van der Waals surface area contributed by atoms with Crippen molar-refractivity contribution in [2.45, 2.75) is 10.5 Å². The Morgan fingerprint density at radius 3 is 2.46 bits per heavy atom. The maximum atomic E-state index is 9.11. The number of hydrogen-bond donors (Lipinski definition) is 1. The molecule has 2 rings (SSSR count). The monoisotopic (exact) mass is 196 g/mol. The molecule has 13 heavy (non-hydrogen) atoms. The highest BCUT2D eigenvalue weighted by molar-refractivity contribution is 7.98. The number of ether oxygens (including phenoxy) is 1. The van der Waals surface area contributed by atoms with Crippen molar-refractivity contribution in [3.8, 4) is 0 Å². The number of aliphatic hydroxyl groups is 1. The van der Waals surface area contributed by atoms with E-state index < -0.39 is 0 Å². The van der Waals surface area contributed by atoms with Gasteiger partial charge in [0, 0.05) is 4.90 Å². The van der Waals surface area contributed by atoms with Crippen molar-refractivity contribution in [1.29, 1.82) is 0 Å². The van der Waals surface area contributed by atoms with E-state index in [1.807, 2.05) is 18.4 Å². The van der Waals surface area contributed by atoms with Crippen molar-refractivity contribution in [3.63, 3.8) is 0 Å². The standard InChI is InChI=1S/C10H12O2S/c1-13-9-4-2-8(3-5-9)10(6-11)7-12-10/h2-5,11H,6-7H2,1H3/t10-/m1/s1. The quantitative estimate of drug-likeness (QED) is 0.589. The molecule has 70 valence electrons. The van der Waals surface area contributed by atoms with Gasteiger partial charge in [0.05, 0.1) is 13.2 Å². The molecular weight excluding hydrogens is 184 g/mol. The fraction of sp³-hybridized carbons (Fsp3) is 0.400. The van der Waals surface area contributed by atoms with Crippen LogP contribution >= 0.6 is 11.8 Å². The molecule has 0 spiro atoms. The number of benzene rings is 1. The van der Waals surface area contributed by atoms with E-state index in [1.54, 1.807) is 11.8 Å². The Morgan fingerprint density at radius 1 is 1.46 bits per heavy atom. The fourth-order valence-corrected chi connectivity index (χ4v) is 1.74. The lowest BCUT2D eigenvalue weighted by molar-refractivity contribution is 0.172. The van der Waals surface area contributed by atoms with Crippen LogP contribution in [0.15, 0.2) is 29.2 Å². The van der Waals surface area contributed by atoms with E-state index in [4.69, 9.17) is 9.84 Å². The van der Waals surface area contributed by atoms with Gasteiger partial charge in [0.25, 0.3) is 0 Å². The summed E-state index contributed by atoms with van der Waals surface area (Å²) < 4.78 is 5.25. The molecule has 1 atom stereocenters. The second-order valence-corrected chi connectivity index (χ2v) is 4.05. The molecule has 1 N–H and O–H groups in total. The molecule has 2 nitrogen and oxygen atoms in total. The molecule has 0 radical (unpaired) electrons. The number of hydrogen-bond acceptors (Lipinski definition) is 3. The smallest absolute Gasteiger partial charge is 0.139 e. The predicted molar refractivity (Wildman–Crippen MR) is 52.9 cm³/mol. The van der Waals surface area contributed by atoms with Gasteiger partial charge < -0.3 is 9.84 Å². The summed E-state index contributed by atoms with van der Waals surface area (Å²) in [7, 11) is 0. The summed E-state index contributed by atoms with van der Waals surface area (Å²) in [6.07, 6.45) is 2.05. The van der Waals surface area contributed by atoms with Gasteiger partial charge in [-0.2, -0.15) is 0 Å². The third kappa shape index (κ3) is 1.59. The van der Waals surface area contributed by atoms with Gasteiger partial charge in [-0.25, -0.2) is 0 Å². The molecule has 1 aliphatic heterocycles. The number of epoxide rings is 1. The summed E-state index contributed by atoms with van der Waals surface area (Å²) in [4.78, 5) is 1.23. The molecule has 1 saturated heterocycles. The Kier molecular flexibility index (Phi) is 2.32. The topological polar surface area (TPSA) is 32.8 Å². The molecule has 1 aromatic rings. The van der Waals surface area contributed by atoms with Crippen LogP contribution in [-0.2, 0) is 10.3 Å². The Labute approximate surface area is 81.9 Å². The van der Waals surface area contributed by atoms with Gasteiger partial charge >= 0.3 is 0 Å². The molecule has 1 aliphatic rings. The minimum atomic E-state index is -0.378. The minimum Gasteiger partial charge on any atom is -0.393 e. The third-order valence-corrected chi connectivity index (χ3v) is 3.11. The van der Waals surface area contributed by atoms with Gasteiger partial charge in [0.2, 0.25) is 0 Å².